The highest BCUT2D eigenvalue weighted by molar-refractivity contribution is 5.73. The lowest BCUT2D eigenvalue weighted by Gasteiger charge is -2.22. The lowest BCUT2D eigenvalue weighted by molar-refractivity contribution is -0.139. The third-order valence-electron chi connectivity index (χ3n) is 2.81. The van der Waals surface area contributed by atoms with Gasteiger partial charge in [0, 0.05) is 33.1 Å². The number of nitrogens with two attached hydrogens (primary N) is 1. The highest BCUT2D eigenvalue weighted by atomic mass is 16.4. The molecule has 1 heterocycles. The van der Waals surface area contributed by atoms with Crippen molar-refractivity contribution in [2.24, 2.45) is 5.73 Å². The molecular weight excluding hydrogens is 210 g/mol. The second-order valence-corrected chi connectivity index (χ2v) is 4.10. The molecule has 3 N–H and O–H groups in total. The summed E-state index contributed by atoms with van der Waals surface area (Å²) in [4.78, 5) is 25.6. The summed E-state index contributed by atoms with van der Waals surface area (Å²) in [6.07, 6.45) is 0.867. The molecule has 0 aromatic heterocycles. The Hall–Kier alpha value is -1.14. The topological polar surface area (TPSA) is 86.9 Å². The molecule has 1 saturated heterocycles. The Labute approximate surface area is 95.0 Å². The van der Waals surface area contributed by atoms with Crippen LogP contribution in [0.4, 0.5) is 0 Å². The van der Waals surface area contributed by atoms with Crippen LogP contribution in [0.2, 0.25) is 0 Å². The number of aliphatic carboxylic acids is 1. The van der Waals surface area contributed by atoms with Gasteiger partial charge in [-0.25, -0.2) is 0 Å². The number of hydrogen-bond donors (Lipinski definition) is 2. The Morgan fingerprint density at radius 3 is 2.56 bits per heavy atom. The molecule has 0 saturated carbocycles. The molecule has 1 atom stereocenters. The highest BCUT2D eigenvalue weighted by Crippen LogP contribution is 2.03. The second-order valence-electron chi connectivity index (χ2n) is 4.10. The molecule has 16 heavy (non-hydrogen) atoms. The lowest BCUT2D eigenvalue weighted by atomic mass is 10.3. The summed E-state index contributed by atoms with van der Waals surface area (Å²) in [6, 6.07) is -0.844. The fraction of sp³-hybridized carbons (Fsp3) is 0.800. The predicted octanol–water partition coefficient (Wildman–Crippen LogP) is -1.05. The lowest BCUT2D eigenvalue weighted by Crippen LogP contribution is -2.44. The van der Waals surface area contributed by atoms with Crippen molar-refractivity contribution in [3.8, 4) is 0 Å². The molecule has 6 nitrogen and oxygen atoms in total. The largest absolute Gasteiger partial charge is 0.480 e. The number of nitrogens with zero attached hydrogens (tertiary/aromatic N) is 2. The monoisotopic (exact) mass is 229 g/mol. The van der Waals surface area contributed by atoms with E-state index in [-0.39, 0.29) is 5.91 Å². The van der Waals surface area contributed by atoms with Gasteiger partial charge in [0.2, 0.25) is 5.91 Å². The van der Waals surface area contributed by atoms with E-state index in [9.17, 15) is 9.59 Å². The van der Waals surface area contributed by atoms with Crippen molar-refractivity contribution in [1.82, 2.24) is 9.80 Å². The van der Waals surface area contributed by atoms with Crippen molar-refractivity contribution in [2.75, 3.05) is 32.7 Å². The van der Waals surface area contributed by atoms with Crippen LogP contribution in [0.15, 0.2) is 0 Å². The van der Waals surface area contributed by atoms with Crippen molar-refractivity contribution in [3.05, 3.63) is 0 Å². The van der Waals surface area contributed by atoms with E-state index in [1.165, 1.54) is 0 Å². The van der Waals surface area contributed by atoms with E-state index in [0.29, 0.717) is 19.6 Å². The zero-order valence-electron chi connectivity index (χ0n) is 9.56. The first kappa shape index (κ1) is 12.9. The fourth-order valence-electron chi connectivity index (χ4n) is 1.82. The van der Waals surface area contributed by atoms with E-state index in [2.05, 4.69) is 0 Å². The first-order valence-electron chi connectivity index (χ1n) is 5.47. The Bertz CT molecular complexity index is 270. The van der Waals surface area contributed by atoms with E-state index >= 15 is 0 Å². The van der Waals surface area contributed by atoms with Gasteiger partial charge in [0.05, 0.1) is 0 Å². The maximum Gasteiger partial charge on any atom is 0.321 e. The molecule has 1 rings (SSSR count). The summed E-state index contributed by atoms with van der Waals surface area (Å²) >= 11 is 0. The molecule has 1 amide bonds. The van der Waals surface area contributed by atoms with Gasteiger partial charge in [0.25, 0.3) is 0 Å². The first-order valence-corrected chi connectivity index (χ1v) is 5.47. The summed E-state index contributed by atoms with van der Waals surface area (Å²) in [5, 5.41) is 8.71. The van der Waals surface area contributed by atoms with Crippen LogP contribution in [0.25, 0.3) is 0 Å². The zero-order chi connectivity index (χ0) is 12.1. The number of carbonyl (C=O) groups is 2. The van der Waals surface area contributed by atoms with E-state index in [0.717, 1.165) is 19.5 Å². The van der Waals surface area contributed by atoms with Crippen LogP contribution in [0.3, 0.4) is 0 Å². The average molecular weight is 229 g/mol. The van der Waals surface area contributed by atoms with Gasteiger partial charge < -0.3 is 15.7 Å². The molecule has 0 aromatic rings. The van der Waals surface area contributed by atoms with Crippen LogP contribution < -0.4 is 5.73 Å². The molecule has 1 fully saturated rings. The van der Waals surface area contributed by atoms with Crippen molar-refractivity contribution in [1.29, 1.82) is 0 Å². The predicted molar refractivity (Wildman–Crippen MR) is 58.9 cm³/mol. The van der Waals surface area contributed by atoms with Crippen molar-refractivity contribution in [3.63, 3.8) is 0 Å². The zero-order valence-corrected chi connectivity index (χ0v) is 9.56. The van der Waals surface area contributed by atoms with Crippen LogP contribution in [-0.2, 0) is 9.59 Å². The van der Waals surface area contributed by atoms with Crippen LogP contribution in [-0.4, -0.2) is 65.5 Å². The molecule has 1 aliphatic rings. The van der Waals surface area contributed by atoms with E-state index in [1.807, 2.05) is 4.90 Å². The van der Waals surface area contributed by atoms with Gasteiger partial charge in [-0.1, -0.05) is 0 Å². The molecule has 92 valence electrons. The molecule has 6 heteroatoms. The molecular formula is C10H19N3O3. The third-order valence-corrected chi connectivity index (χ3v) is 2.81. The van der Waals surface area contributed by atoms with Crippen LogP contribution in [0.5, 0.6) is 0 Å². The van der Waals surface area contributed by atoms with Crippen molar-refractivity contribution in [2.45, 2.75) is 19.4 Å². The van der Waals surface area contributed by atoms with Gasteiger partial charge in [-0.2, -0.15) is 0 Å². The third kappa shape index (κ3) is 3.79. The molecule has 0 bridgehead atoms. The minimum absolute atomic E-state index is 0.0735. The SMILES string of the molecule is CC(=O)N1CCCN(CC(N)C(=O)O)CC1. The smallest absolute Gasteiger partial charge is 0.321 e. The number of carboxylic acid groups (broad SMARTS) is 1. The Kier molecular flexibility index (Phi) is 4.70. The van der Waals surface area contributed by atoms with Gasteiger partial charge in [-0.15, -0.1) is 0 Å². The van der Waals surface area contributed by atoms with E-state index < -0.39 is 12.0 Å². The van der Waals surface area contributed by atoms with Gasteiger partial charge >= 0.3 is 5.97 Å². The van der Waals surface area contributed by atoms with Crippen LogP contribution >= 0.6 is 0 Å². The number of carboxylic acids is 1. The second kappa shape index (κ2) is 5.81. The molecule has 0 aromatic carbocycles. The maximum absolute atomic E-state index is 11.2. The first-order chi connectivity index (χ1) is 7.50. The van der Waals surface area contributed by atoms with Crippen molar-refractivity contribution >= 4 is 11.9 Å². The van der Waals surface area contributed by atoms with Crippen LogP contribution in [0, 0.1) is 0 Å². The molecule has 0 aliphatic carbocycles. The fourth-order valence-corrected chi connectivity index (χ4v) is 1.82. The minimum atomic E-state index is -0.979. The summed E-state index contributed by atoms with van der Waals surface area (Å²) in [7, 11) is 0. The molecule has 1 unspecified atom stereocenters. The Balaban J connectivity index is 2.41. The summed E-state index contributed by atoms with van der Waals surface area (Å²) in [6.45, 7) is 4.79. The van der Waals surface area contributed by atoms with Gasteiger partial charge in [0.15, 0.2) is 0 Å². The number of hydrogen-bond acceptors (Lipinski definition) is 4. The van der Waals surface area contributed by atoms with Gasteiger partial charge in [-0.05, 0) is 13.0 Å². The molecule has 1 aliphatic heterocycles. The molecule has 0 spiro atoms. The van der Waals surface area contributed by atoms with Gasteiger partial charge in [0.1, 0.15) is 6.04 Å². The summed E-state index contributed by atoms with van der Waals surface area (Å²) < 4.78 is 0. The summed E-state index contributed by atoms with van der Waals surface area (Å²) in [5.41, 5.74) is 5.47. The van der Waals surface area contributed by atoms with Crippen molar-refractivity contribution < 1.29 is 14.7 Å². The normalized spacial score (nSPS) is 20.2. The maximum atomic E-state index is 11.2. The number of amides is 1. The van der Waals surface area contributed by atoms with E-state index in [4.69, 9.17) is 10.8 Å². The van der Waals surface area contributed by atoms with E-state index in [1.54, 1.807) is 11.8 Å². The summed E-state index contributed by atoms with van der Waals surface area (Å²) in [5.74, 6) is -0.906. The standard InChI is InChI=1S/C10H19N3O3/c1-8(14)13-4-2-3-12(5-6-13)7-9(11)10(15)16/h9H,2-7,11H2,1H3,(H,15,16). The quantitative estimate of drug-likeness (QED) is 0.645. The molecule has 0 radical (unpaired) electrons. The Morgan fingerprint density at radius 2 is 2.00 bits per heavy atom. The Morgan fingerprint density at radius 1 is 1.31 bits per heavy atom. The van der Waals surface area contributed by atoms with Crippen LogP contribution in [0.1, 0.15) is 13.3 Å². The highest BCUT2D eigenvalue weighted by Gasteiger charge is 2.20. The average Bonchev–Trinajstić information content (AvgIpc) is 2.43. The van der Waals surface area contributed by atoms with Gasteiger partial charge in [-0.3, -0.25) is 14.5 Å². The number of rotatable bonds is 3. The minimum Gasteiger partial charge on any atom is -0.480 e. The number of carbonyl (C=O) groups excluding carboxylic acids is 1.